The molecule has 0 aromatic carbocycles. The van der Waals surface area contributed by atoms with Crippen molar-refractivity contribution >= 4 is 23.7 Å². The Labute approximate surface area is 153 Å². The molecule has 1 saturated carbocycles. The molecule has 1 heterocycles. The lowest BCUT2D eigenvalue weighted by molar-refractivity contribution is -0.117. The van der Waals surface area contributed by atoms with Gasteiger partial charge in [-0.05, 0) is 32.1 Å². The largest absolute Gasteiger partial charge is 0.338 e. The van der Waals surface area contributed by atoms with Gasteiger partial charge in [-0.3, -0.25) is 10.1 Å². The van der Waals surface area contributed by atoms with Crippen molar-refractivity contribution in [2.75, 3.05) is 12.3 Å². The predicted molar refractivity (Wildman–Crippen MR) is 98.6 cm³/mol. The molecule has 8 heteroatoms. The van der Waals surface area contributed by atoms with E-state index in [-0.39, 0.29) is 11.7 Å². The van der Waals surface area contributed by atoms with Crippen molar-refractivity contribution in [1.29, 1.82) is 0 Å². The van der Waals surface area contributed by atoms with Gasteiger partial charge >= 0.3 is 6.03 Å². The van der Waals surface area contributed by atoms with Crippen molar-refractivity contribution in [1.82, 2.24) is 25.4 Å². The Morgan fingerprint density at radius 2 is 1.96 bits per heavy atom. The molecule has 2 N–H and O–H groups in total. The minimum atomic E-state index is -0.434. The van der Waals surface area contributed by atoms with Crippen LogP contribution in [0.5, 0.6) is 0 Å². The van der Waals surface area contributed by atoms with Gasteiger partial charge in [-0.1, -0.05) is 44.9 Å². The summed E-state index contributed by atoms with van der Waals surface area (Å²) in [6.45, 7) is 6.70. The molecule has 7 nitrogen and oxygen atoms in total. The average molecular weight is 368 g/mol. The fraction of sp³-hybridized carbons (Fsp3) is 0.765. The summed E-state index contributed by atoms with van der Waals surface area (Å²) >= 11 is 1.34. The number of thioether (sulfide) groups is 1. The number of aromatic nitrogens is 3. The summed E-state index contributed by atoms with van der Waals surface area (Å²) in [4.78, 5) is 23.6. The number of hydrogen-bond acceptors (Lipinski definition) is 5. The van der Waals surface area contributed by atoms with E-state index >= 15 is 0 Å². The van der Waals surface area contributed by atoms with E-state index in [0.29, 0.717) is 18.5 Å². The van der Waals surface area contributed by atoms with Gasteiger partial charge < -0.3 is 9.88 Å². The van der Waals surface area contributed by atoms with Crippen molar-refractivity contribution in [2.24, 2.45) is 5.92 Å². The molecule has 0 radical (unpaired) electrons. The van der Waals surface area contributed by atoms with E-state index in [4.69, 9.17) is 0 Å². The van der Waals surface area contributed by atoms with Crippen LogP contribution in [-0.2, 0) is 4.79 Å². The number of imide groups is 1. The second-order valence-corrected chi connectivity index (χ2v) is 7.91. The minimum absolute atomic E-state index is 0.155. The maximum atomic E-state index is 12.0. The average Bonchev–Trinajstić information content (AvgIpc) is 2.94. The van der Waals surface area contributed by atoms with Crippen LogP contribution in [0, 0.1) is 12.8 Å². The van der Waals surface area contributed by atoms with Crippen molar-refractivity contribution < 1.29 is 9.59 Å². The minimum Gasteiger partial charge on any atom is -0.338 e. The van der Waals surface area contributed by atoms with E-state index in [2.05, 4.69) is 39.2 Å². The number of amides is 3. The topological polar surface area (TPSA) is 88.9 Å². The Bertz CT molecular complexity index is 582. The molecule has 0 spiro atoms. The Balaban J connectivity index is 1.80. The SMILES string of the molecule is Cc1nnc(SCC(=O)NC(=O)NCCC(C)C)n1C1CCCCC1. The first-order chi connectivity index (χ1) is 12.0. The second-order valence-electron chi connectivity index (χ2n) is 6.97. The van der Waals surface area contributed by atoms with Crippen LogP contribution in [0.3, 0.4) is 0 Å². The Morgan fingerprint density at radius 1 is 1.24 bits per heavy atom. The summed E-state index contributed by atoms with van der Waals surface area (Å²) in [5, 5.41) is 14.2. The Morgan fingerprint density at radius 3 is 2.64 bits per heavy atom. The number of hydrogen-bond donors (Lipinski definition) is 2. The summed E-state index contributed by atoms with van der Waals surface area (Å²) in [6, 6.07) is -0.00942. The zero-order chi connectivity index (χ0) is 18.2. The van der Waals surface area contributed by atoms with Crippen LogP contribution >= 0.6 is 11.8 Å². The summed E-state index contributed by atoms with van der Waals surface area (Å²) in [7, 11) is 0. The number of carbonyl (C=O) groups excluding carboxylic acids is 2. The van der Waals surface area contributed by atoms with Crippen LogP contribution in [0.4, 0.5) is 4.79 Å². The molecule has 1 aromatic rings. The highest BCUT2D eigenvalue weighted by atomic mass is 32.2. The van der Waals surface area contributed by atoms with Crippen molar-refractivity contribution in [3.63, 3.8) is 0 Å². The molecular weight excluding hydrogens is 338 g/mol. The van der Waals surface area contributed by atoms with E-state index in [1.807, 2.05) is 6.92 Å². The van der Waals surface area contributed by atoms with Gasteiger partial charge in [0.1, 0.15) is 5.82 Å². The summed E-state index contributed by atoms with van der Waals surface area (Å²) < 4.78 is 2.15. The van der Waals surface area contributed by atoms with Gasteiger partial charge in [-0.15, -0.1) is 10.2 Å². The van der Waals surface area contributed by atoms with Crippen molar-refractivity contribution in [3.05, 3.63) is 5.82 Å². The first-order valence-electron chi connectivity index (χ1n) is 9.09. The zero-order valence-electron chi connectivity index (χ0n) is 15.4. The van der Waals surface area contributed by atoms with Crippen LogP contribution in [0.2, 0.25) is 0 Å². The Kier molecular flexibility index (Phi) is 7.74. The van der Waals surface area contributed by atoms with E-state index in [0.717, 1.165) is 30.2 Å². The lowest BCUT2D eigenvalue weighted by atomic mass is 9.95. The van der Waals surface area contributed by atoms with Crippen LogP contribution in [0.1, 0.15) is 64.2 Å². The monoisotopic (exact) mass is 367 g/mol. The summed E-state index contributed by atoms with van der Waals surface area (Å²) in [5.74, 6) is 1.24. The van der Waals surface area contributed by atoms with E-state index in [1.54, 1.807) is 0 Å². The molecule has 1 aromatic heterocycles. The smallest absolute Gasteiger partial charge is 0.321 e. The van der Waals surface area contributed by atoms with Crippen molar-refractivity contribution in [2.45, 2.75) is 70.5 Å². The number of aryl methyl sites for hydroxylation is 1. The van der Waals surface area contributed by atoms with Gasteiger partial charge in [0, 0.05) is 12.6 Å². The molecular formula is C17H29N5O2S. The number of rotatable bonds is 7. The van der Waals surface area contributed by atoms with Crippen LogP contribution in [-0.4, -0.2) is 39.0 Å². The van der Waals surface area contributed by atoms with E-state index in [1.165, 1.54) is 31.0 Å². The molecule has 140 valence electrons. The van der Waals surface area contributed by atoms with Crippen LogP contribution < -0.4 is 10.6 Å². The number of carbonyl (C=O) groups is 2. The fourth-order valence-corrected chi connectivity index (χ4v) is 3.87. The van der Waals surface area contributed by atoms with Crippen LogP contribution in [0.15, 0.2) is 5.16 Å². The van der Waals surface area contributed by atoms with Gasteiger partial charge in [-0.25, -0.2) is 4.79 Å². The molecule has 0 atom stereocenters. The number of urea groups is 1. The third-order valence-corrected chi connectivity index (χ3v) is 5.31. The molecule has 0 bridgehead atoms. The molecule has 1 fully saturated rings. The quantitative estimate of drug-likeness (QED) is 0.723. The van der Waals surface area contributed by atoms with E-state index in [9.17, 15) is 9.59 Å². The molecule has 1 aliphatic carbocycles. The molecule has 0 aliphatic heterocycles. The van der Waals surface area contributed by atoms with Gasteiger partial charge in [0.2, 0.25) is 5.91 Å². The molecule has 0 saturated heterocycles. The summed E-state index contributed by atoms with van der Waals surface area (Å²) in [6.07, 6.45) is 6.90. The Hall–Kier alpha value is -1.57. The van der Waals surface area contributed by atoms with Gasteiger partial charge in [0.05, 0.1) is 5.75 Å². The lowest BCUT2D eigenvalue weighted by Crippen LogP contribution is -2.40. The molecule has 2 rings (SSSR count). The van der Waals surface area contributed by atoms with Gasteiger partial charge in [-0.2, -0.15) is 0 Å². The molecule has 0 unspecified atom stereocenters. The standard InChI is InChI=1S/C17H29N5O2S/c1-12(2)9-10-18-16(24)19-15(23)11-25-17-21-20-13(3)22(17)14-7-5-4-6-8-14/h12,14H,4-11H2,1-3H3,(H2,18,19,23,24). The molecule has 25 heavy (non-hydrogen) atoms. The molecule has 1 aliphatic rings. The lowest BCUT2D eigenvalue weighted by Gasteiger charge is -2.24. The van der Waals surface area contributed by atoms with E-state index < -0.39 is 6.03 Å². The first-order valence-corrected chi connectivity index (χ1v) is 10.1. The van der Waals surface area contributed by atoms with Gasteiger partial charge in [0.15, 0.2) is 5.16 Å². The highest BCUT2D eigenvalue weighted by Crippen LogP contribution is 2.32. The third kappa shape index (κ3) is 6.34. The normalized spacial score (nSPS) is 15.4. The highest BCUT2D eigenvalue weighted by Gasteiger charge is 2.22. The second kappa shape index (κ2) is 9.79. The highest BCUT2D eigenvalue weighted by molar-refractivity contribution is 7.99. The van der Waals surface area contributed by atoms with Crippen LogP contribution in [0.25, 0.3) is 0 Å². The maximum Gasteiger partial charge on any atom is 0.321 e. The van der Waals surface area contributed by atoms with Gasteiger partial charge in [0.25, 0.3) is 0 Å². The number of nitrogens with one attached hydrogen (secondary N) is 2. The zero-order valence-corrected chi connectivity index (χ0v) is 16.2. The fourth-order valence-electron chi connectivity index (χ4n) is 3.02. The maximum absolute atomic E-state index is 12.0. The van der Waals surface area contributed by atoms with Crippen molar-refractivity contribution in [3.8, 4) is 0 Å². The first kappa shape index (κ1) is 19.8. The summed E-state index contributed by atoms with van der Waals surface area (Å²) in [5.41, 5.74) is 0. The molecule has 3 amide bonds. The third-order valence-electron chi connectivity index (χ3n) is 4.37. The number of nitrogens with zero attached hydrogens (tertiary/aromatic N) is 3. The predicted octanol–water partition coefficient (Wildman–Crippen LogP) is 3.06.